The Morgan fingerprint density at radius 1 is 1.00 bits per heavy atom. The lowest BCUT2D eigenvalue weighted by molar-refractivity contribution is 0.564. The summed E-state index contributed by atoms with van der Waals surface area (Å²) in [5.74, 6) is 0.993. The third-order valence-electron chi connectivity index (χ3n) is 4.25. The molecule has 0 aliphatic carbocycles. The van der Waals surface area contributed by atoms with Crippen LogP contribution in [0.2, 0.25) is 0 Å². The first-order valence-electron chi connectivity index (χ1n) is 8.16. The van der Waals surface area contributed by atoms with Crippen LogP contribution in [0, 0.1) is 11.3 Å². The third kappa shape index (κ3) is 3.46. The second kappa shape index (κ2) is 6.44. The summed E-state index contributed by atoms with van der Waals surface area (Å²) in [6.45, 7) is 10.1. The maximum absolute atomic E-state index is 8.83. The first-order valence-corrected chi connectivity index (χ1v) is 8.16. The molecule has 0 radical (unpaired) electrons. The molecule has 3 rings (SSSR count). The van der Waals surface area contributed by atoms with E-state index in [2.05, 4.69) is 57.7 Å². The third-order valence-corrected chi connectivity index (χ3v) is 4.25. The maximum Gasteiger partial charge on any atom is 0.140 e. The number of nitriles is 1. The lowest BCUT2D eigenvalue weighted by atomic mass is 9.92. The molecule has 1 saturated heterocycles. The molecule has 2 aromatic heterocycles. The van der Waals surface area contributed by atoms with Crippen molar-refractivity contribution in [3.8, 4) is 6.07 Å². The van der Waals surface area contributed by atoms with Gasteiger partial charge in [-0.25, -0.2) is 15.0 Å². The van der Waals surface area contributed by atoms with Gasteiger partial charge in [-0.2, -0.15) is 5.26 Å². The molecule has 2 aromatic rings. The number of aromatic nitrogens is 3. The molecule has 0 aromatic carbocycles. The molecule has 1 fully saturated rings. The molecule has 0 bridgehead atoms. The Bertz CT molecular complexity index is 733. The topological polar surface area (TPSA) is 68.9 Å². The van der Waals surface area contributed by atoms with E-state index in [9.17, 15) is 0 Å². The summed E-state index contributed by atoms with van der Waals surface area (Å²) in [7, 11) is 0. The number of rotatable bonds is 2. The average molecular weight is 322 g/mol. The zero-order chi connectivity index (χ0) is 17.2. The van der Waals surface area contributed by atoms with Crippen LogP contribution >= 0.6 is 0 Å². The molecule has 0 atom stereocenters. The van der Waals surface area contributed by atoms with Gasteiger partial charge in [0.1, 0.15) is 23.9 Å². The molecule has 0 spiro atoms. The SMILES string of the molecule is CC(C)(C)c1cc(N2CCN(c3ccc(C#N)nc3)CC2)ncn1. The van der Waals surface area contributed by atoms with Crippen LogP contribution in [-0.4, -0.2) is 41.1 Å². The fourth-order valence-electron chi connectivity index (χ4n) is 2.76. The van der Waals surface area contributed by atoms with Gasteiger partial charge in [0.15, 0.2) is 0 Å². The largest absolute Gasteiger partial charge is 0.367 e. The molecule has 6 nitrogen and oxygen atoms in total. The molecular weight excluding hydrogens is 300 g/mol. The molecule has 1 aliphatic heterocycles. The van der Waals surface area contributed by atoms with E-state index in [1.54, 1.807) is 18.6 Å². The van der Waals surface area contributed by atoms with E-state index >= 15 is 0 Å². The van der Waals surface area contributed by atoms with Gasteiger partial charge in [-0.1, -0.05) is 20.8 Å². The Morgan fingerprint density at radius 2 is 1.71 bits per heavy atom. The zero-order valence-corrected chi connectivity index (χ0v) is 14.4. The summed E-state index contributed by atoms with van der Waals surface area (Å²) in [5, 5.41) is 8.83. The van der Waals surface area contributed by atoms with Crippen molar-refractivity contribution in [2.24, 2.45) is 0 Å². The quantitative estimate of drug-likeness (QED) is 0.845. The monoisotopic (exact) mass is 322 g/mol. The molecule has 0 saturated carbocycles. The number of piperazine rings is 1. The molecule has 0 unspecified atom stereocenters. The number of hydrogen-bond donors (Lipinski definition) is 0. The molecule has 24 heavy (non-hydrogen) atoms. The van der Waals surface area contributed by atoms with Crippen molar-refractivity contribution in [2.75, 3.05) is 36.0 Å². The van der Waals surface area contributed by atoms with Crippen LogP contribution in [-0.2, 0) is 5.41 Å². The Hall–Kier alpha value is -2.68. The maximum atomic E-state index is 8.83. The van der Waals surface area contributed by atoms with Crippen LogP contribution in [0.4, 0.5) is 11.5 Å². The zero-order valence-electron chi connectivity index (χ0n) is 14.4. The first kappa shape index (κ1) is 16.2. The number of anilines is 2. The Balaban J connectivity index is 1.68. The predicted octanol–water partition coefficient (Wildman–Crippen LogP) is 2.37. The van der Waals surface area contributed by atoms with E-state index in [1.165, 1.54) is 0 Å². The number of pyridine rings is 1. The van der Waals surface area contributed by atoms with Gasteiger partial charge in [-0.15, -0.1) is 0 Å². The van der Waals surface area contributed by atoms with E-state index in [0.717, 1.165) is 43.4 Å². The highest BCUT2D eigenvalue weighted by Gasteiger charge is 2.21. The van der Waals surface area contributed by atoms with Gasteiger partial charge in [0.05, 0.1) is 17.6 Å². The average Bonchev–Trinajstić information content (AvgIpc) is 2.61. The molecule has 0 N–H and O–H groups in total. The van der Waals surface area contributed by atoms with Crippen molar-refractivity contribution in [3.05, 3.63) is 42.1 Å². The van der Waals surface area contributed by atoms with Crippen molar-refractivity contribution in [3.63, 3.8) is 0 Å². The van der Waals surface area contributed by atoms with Gasteiger partial charge in [-0.05, 0) is 12.1 Å². The highest BCUT2D eigenvalue weighted by Crippen LogP contribution is 2.24. The lowest BCUT2D eigenvalue weighted by Gasteiger charge is -2.36. The minimum absolute atomic E-state index is 0.0215. The van der Waals surface area contributed by atoms with E-state index in [0.29, 0.717) is 5.69 Å². The molecule has 0 amide bonds. The van der Waals surface area contributed by atoms with Crippen LogP contribution in [0.15, 0.2) is 30.7 Å². The van der Waals surface area contributed by atoms with Crippen molar-refractivity contribution in [1.82, 2.24) is 15.0 Å². The van der Waals surface area contributed by atoms with Crippen LogP contribution in [0.5, 0.6) is 0 Å². The van der Waals surface area contributed by atoms with Crippen LogP contribution < -0.4 is 9.80 Å². The standard InChI is InChI=1S/C18H22N6/c1-18(2,3)16-10-17(22-13-21-16)24-8-6-23(7-9-24)15-5-4-14(11-19)20-12-15/h4-5,10,12-13H,6-9H2,1-3H3. The van der Waals surface area contributed by atoms with Crippen molar-refractivity contribution < 1.29 is 0 Å². The van der Waals surface area contributed by atoms with Gasteiger partial charge < -0.3 is 9.80 Å². The second-order valence-corrected chi connectivity index (χ2v) is 7.00. The minimum Gasteiger partial charge on any atom is -0.367 e. The normalized spacial score (nSPS) is 15.2. The van der Waals surface area contributed by atoms with Gasteiger partial charge in [0, 0.05) is 37.7 Å². The highest BCUT2D eigenvalue weighted by atomic mass is 15.3. The smallest absolute Gasteiger partial charge is 0.140 e. The summed E-state index contributed by atoms with van der Waals surface area (Å²) >= 11 is 0. The first-order chi connectivity index (χ1) is 11.5. The van der Waals surface area contributed by atoms with E-state index in [4.69, 9.17) is 5.26 Å². The van der Waals surface area contributed by atoms with Gasteiger partial charge >= 0.3 is 0 Å². The Morgan fingerprint density at radius 3 is 2.29 bits per heavy atom. The van der Waals surface area contributed by atoms with E-state index < -0.39 is 0 Å². The fraction of sp³-hybridized carbons (Fsp3) is 0.444. The fourth-order valence-corrected chi connectivity index (χ4v) is 2.76. The molecular formula is C18H22N6. The Kier molecular flexibility index (Phi) is 4.34. The van der Waals surface area contributed by atoms with Crippen LogP contribution in [0.3, 0.4) is 0 Å². The van der Waals surface area contributed by atoms with E-state index in [-0.39, 0.29) is 5.41 Å². The second-order valence-electron chi connectivity index (χ2n) is 7.00. The highest BCUT2D eigenvalue weighted by molar-refractivity contribution is 5.49. The van der Waals surface area contributed by atoms with Gasteiger partial charge in [0.2, 0.25) is 0 Å². The minimum atomic E-state index is 0.0215. The molecule has 6 heteroatoms. The predicted molar refractivity (Wildman–Crippen MR) is 94.1 cm³/mol. The van der Waals surface area contributed by atoms with Gasteiger partial charge in [-0.3, -0.25) is 0 Å². The summed E-state index contributed by atoms with van der Waals surface area (Å²) < 4.78 is 0. The molecule has 1 aliphatic rings. The van der Waals surface area contributed by atoms with Crippen LogP contribution in [0.1, 0.15) is 32.2 Å². The Labute approximate surface area is 142 Å². The summed E-state index contributed by atoms with van der Waals surface area (Å²) in [4.78, 5) is 17.6. The molecule has 124 valence electrons. The summed E-state index contributed by atoms with van der Waals surface area (Å²) in [5.41, 5.74) is 2.60. The van der Waals surface area contributed by atoms with Crippen LogP contribution in [0.25, 0.3) is 0 Å². The van der Waals surface area contributed by atoms with Gasteiger partial charge in [0.25, 0.3) is 0 Å². The molecule has 3 heterocycles. The summed E-state index contributed by atoms with van der Waals surface area (Å²) in [6, 6.07) is 7.87. The lowest BCUT2D eigenvalue weighted by Crippen LogP contribution is -2.47. The number of hydrogen-bond acceptors (Lipinski definition) is 6. The van der Waals surface area contributed by atoms with E-state index in [1.807, 2.05) is 6.07 Å². The van der Waals surface area contributed by atoms with Crippen molar-refractivity contribution in [2.45, 2.75) is 26.2 Å². The van der Waals surface area contributed by atoms with Crippen molar-refractivity contribution in [1.29, 1.82) is 5.26 Å². The number of nitrogens with zero attached hydrogens (tertiary/aromatic N) is 6. The summed E-state index contributed by atoms with van der Waals surface area (Å²) in [6.07, 6.45) is 3.43. The van der Waals surface area contributed by atoms with Crippen molar-refractivity contribution >= 4 is 11.5 Å².